The summed E-state index contributed by atoms with van der Waals surface area (Å²) in [6, 6.07) is 3.20. The van der Waals surface area contributed by atoms with E-state index >= 15 is 0 Å². The third kappa shape index (κ3) is 2.85. The highest BCUT2D eigenvalue weighted by Crippen LogP contribution is 2.41. The molecule has 2 aromatic heterocycles. The van der Waals surface area contributed by atoms with Gasteiger partial charge in [-0.3, -0.25) is 18.8 Å². The van der Waals surface area contributed by atoms with Crippen molar-refractivity contribution in [2.75, 3.05) is 0 Å². The number of aryl methyl sites for hydroxylation is 1. The fourth-order valence-corrected chi connectivity index (χ4v) is 3.09. The first kappa shape index (κ1) is 16.4. The lowest BCUT2D eigenvalue weighted by Gasteiger charge is -2.08. The molecule has 1 aliphatic rings. The third-order valence-corrected chi connectivity index (χ3v) is 4.53. The first-order chi connectivity index (χ1) is 12.4. The zero-order valence-electron chi connectivity index (χ0n) is 13.8. The average Bonchev–Trinajstić information content (AvgIpc) is 3.22. The Morgan fingerprint density at radius 1 is 1.38 bits per heavy atom. The monoisotopic (exact) mass is 359 g/mol. The minimum atomic E-state index is -0.634. The number of benzene rings is 1. The highest BCUT2D eigenvalue weighted by molar-refractivity contribution is 5.78. The average molecular weight is 359 g/mol. The van der Waals surface area contributed by atoms with Crippen molar-refractivity contribution < 1.29 is 13.6 Å². The largest absolute Gasteiger partial charge is 0.351 e. The molecule has 0 saturated heterocycles. The minimum absolute atomic E-state index is 0.185. The minimum Gasteiger partial charge on any atom is -0.351 e. The Morgan fingerprint density at radius 2 is 2.19 bits per heavy atom. The summed E-state index contributed by atoms with van der Waals surface area (Å²) >= 11 is 0. The van der Waals surface area contributed by atoms with E-state index in [1.165, 1.54) is 33.9 Å². The van der Waals surface area contributed by atoms with E-state index in [4.69, 9.17) is 0 Å². The summed E-state index contributed by atoms with van der Waals surface area (Å²) < 4.78 is 29.4. The van der Waals surface area contributed by atoms with Gasteiger partial charge in [-0.1, -0.05) is 6.07 Å². The maximum Gasteiger partial charge on any atom is 0.264 e. The number of halogens is 2. The van der Waals surface area contributed by atoms with Crippen LogP contribution in [0.2, 0.25) is 0 Å². The fourth-order valence-electron chi connectivity index (χ4n) is 3.09. The number of fused-ring (bicyclic) bond motifs is 1. The van der Waals surface area contributed by atoms with Gasteiger partial charge in [-0.15, -0.1) is 0 Å². The zero-order valence-corrected chi connectivity index (χ0v) is 13.8. The van der Waals surface area contributed by atoms with Crippen molar-refractivity contribution in [1.82, 2.24) is 24.6 Å². The molecule has 1 fully saturated rings. The number of amides is 1. The summed E-state index contributed by atoms with van der Waals surface area (Å²) in [5, 5.41) is 7.07. The standard InChI is InChI=1S/C17H15F2N5O2/c1-23-16-12(6-21-23)17(26)24(8-20-16)7-15(25)22-14-5-11(14)10-3-2-9(18)4-13(10)19/h2-4,6,8,11,14H,5,7H2,1H3,(H,22,25)/t11-,14+/m0/s1. The second kappa shape index (κ2) is 6.01. The van der Waals surface area contributed by atoms with Crippen LogP contribution >= 0.6 is 0 Å². The number of rotatable bonds is 4. The predicted molar refractivity (Wildman–Crippen MR) is 88.4 cm³/mol. The van der Waals surface area contributed by atoms with Gasteiger partial charge in [0.1, 0.15) is 29.9 Å². The van der Waals surface area contributed by atoms with Crippen LogP contribution < -0.4 is 10.9 Å². The van der Waals surface area contributed by atoms with Gasteiger partial charge in [0.25, 0.3) is 5.56 Å². The Morgan fingerprint density at radius 3 is 2.96 bits per heavy atom. The number of nitrogens with zero attached hydrogens (tertiary/aromatic N) is 4. The van der Waals surface area contributed by atoms with E-state index in [0.717, 1.165) is 6.07 Å². The summed E-state index contributed by atoms with van der Waals surface area (Å²) in [4.78, 5) is 28.7. The normalized spacial score (nSPS) is 18.9. The molecule has 0 radical (unpaired) electrons. The number of hydrogen-bond acceptors (Lipinski definition) is 4. The highest BCUT2D eigenvalue weighted by atomic mass is 19.1. The van der Waals surface area contributed by atoms with Gasteiger partial charge in [-0.25, -0.2) is 13.8 Å². The number of carbonyl (C=O) groups excluding carboxylic acids is 1. The molecule has 1 amide bonds. The van der Waals surface area contributed by atoms with E-state index in [9.17, 15) is 18.4 Å². The maximum absolute atomic E-state index is 13.8. The molecule has 26 heavy (non-hydrogen) atoms. The number of aromatic nitrogens is 4. The van der Waals surface area contributed by atoms with Crippen molar-refractivity contribution in [1.29, 1.82) is 0 Å². The summed E-state index contributed by atoms with van der Waals surface area (Å²) in [6.45, 7) is -0.189. The fraction of sp³-hybridized carbons (Fsp3) is 0.294. The molecule has 0 spiro atoms. The molecule has 1 saturated carbocycles. The molecule has 3 aromatic rings. The van der Waals surface area contributed by atoms with E-state index in [-0.39, 0.29) is 30.0 Å². The predicted octanol–water partition coefficient (Wildman–Crippen LogP) is 1.08. The van der Waals surface area contributed by atoms with E-state index < -0.39 is 11.6 Å². The molecule has 134 valence electrons. The summed E-state index contributed by atoms with van der Waals surface area (Å²) in [5.41, 5.74) is 0.475. The lowest BCUT2D eigenvalue weighted by atomic mass is 10.1. The molecule has 9 heteroatoms. The van der Waals surface area contributed by atoms with E-state index in [1.54, 1.807) is 7.05 Å². The van der Waals surface area contributed by atoms with Crippen LogP contribution in [0.5, 0.6) is 0 Å². The van der Waals surface area contributed by atoms with Crippen LogP contribution in [0.1, 0.15) is 17.9 Å². The van der Waals surface area contributed by atoms with Crippen molar-refractivity contribution in [3.63, 3.8) is 0 Å². The smallest absolute Gasteiger partial charge is 0.264 e. The van der Waals surface area contributed by atoms with Gasteiger partial charge < -0.3 is 5.32 Å². The molecule has 1 N–H and O–H groups in total. The topological polar surface area (TPSA) is 81.8 Å². The second-order valence-electron chi connectivity index (χ2n) is 6.37. The van der Waals surface area contributed by atoms with Gasteiger partial charge in [0.15, 0.2) is 5.65 Å². The molecule has 2 atom stereocenters. The zero-order chi connectivity index (χ0) is 18.4. The van der Waals surface area contributed by atoms with Crippen LogP contribution in [0.3, 0.4) is 0 Å². The number of nitrogens with one attached hydrogen (secondary N) is 1. The van der Waals surface area contributed by atoms with Gasteiger partial charge in [0, 0.05) is 25.1 Å². The molecule has 0 aliphatic heterocycles. The van der Waals surface area contributed by atoms with Gasteiger partial charge in [-0.2, -0.15) is 5.10 Å². The van der Waals surface area contributed by atoms with Crippen LogP contribution in [0.25, 0.3) is 11.0 Å². The number of hydrogen-bond donors (Lipinski definition) is 1. The lowest BCUT2D eigenvalue weighted by molar-refractivity contribution is -0.121. The van der Waals surface area contributed by atoms with Crippen molar-refractivity contribution in [2.24, 2.45) is 7.05 Å². The van der Waals surface area contributed by atoms with Crippen LogP contribution in [-0.4, -0.2) is 31.3 Å². The number of carbonyl (C=O) groups is 1. The van der Waals surface area contributed by atoms with Crippen LogP contribution in [0, 0.1) is 11.6 Å². The first-order valence-corrected chi connectivity index (χ1v) is 8.05. The second-order valence-corrected chi connectivity index (χ2v) is 6.37. The molecule has 4 rings (SSSR count). The van der Waals surface area contributed by atoms with Crippen LogP contribution in [0.15, 0.2) is 35.5 Å². The molecular weight excluding hydrogens is 344 g/mol. The quantitative estimate of drug-likeness (QED) is 0.756. The highest BCUT2D eigenvalue weighted by Gasteiger charge is 2.41. The van der Waals surface area contributed by atoms with Crippen molar-refractivity contribution in [3.8, 4) is 0 Å². The molecule has 0 unspecified atom stereocenters. The van der Waals surface area contributed by atoms with Crippen molar-refractivity contribution >= 4 is 16.9 Å². The maximum atomic E-state index is 13.8. The Kier molecular flexibility index (Phi) is 3.78. The van der Waals surface area contributed by atoms with Gasteiger partial charge in [0.05, 0.1) is 6.20 Å². The molecule has 0 bridgehead atoms. The van der Waals surface area contributed by atoms with Gasteiger partial charge >= 0.3 is 0 Å². The summed E-state index contributed by atoms with van der Waals surface area (Å²) in [7, 11) is 1.67. The molecular formula is C17H15F2N5O2. The van der Waals surface area contributed by atoms with Crippen LogP contribution in [-0.2, 0) is 18.4 Å². The Labute approximate surface area is 146 Å². The van der Waals surface area contributed by atoms with Crippen molar-refractivity contribution in [2.45, 2.75) is 24.9 Å². The molecule has 7 nitrogen and oxygen atoms in total. The van der Waals surface area contributed by atoms with Gasteiger partial charge in [0.2, 0.25) is 5.91 Å². The Bertz CT molecular complexity index is 1070. The van der Waals surface area contributed by atoms with E-state index in [2.05, 4.69) is 15.4 Å². The van der Waals surface area contributed by atoms with E-state index in [0.29, 0.717) is 23.0 Å². The Balaban J connectivity index is 1.44. The van der Waals surface area contributed by atoms with Crippen LogP contribution in [0.4, 0.5) is 8.78 Å². The van der Waals surface area contributed by atoms with E-state index in [1.807, 2.05) is 0 Å². The Hall–Kier alpha value is -3.10. The summed E-state index contributed by atoms with van der Waals surface area (Å²) in [5.74, 6) is -1.80. The molecule has 2 heterocycles. The lowest BCUT2D eigenvalue weighted by Crippen LogP contribution is -2.34. The first-order valence-electron chi connectivity index (χ1n) is 8.05. The van der Waals surface area contributed by atoms with Gasteiger partial charge in [-0.05, 0) is 18.1 Å². The third-order valence-electron chi connectivity index (χ3n) is 4.53. The van der Waals surface area contributed by atoms with Crippen molar-refractivity contribution in [3.05, 3.63) is 58.3 Å². The summed E-state index contributed by atoms with van der Waals surface area (Å²) in [6.07, 6.45) is 3.28. The molecule has 1 aliphatic carbocycles. The SMILES string of the molecule is Cn1ncc2c(=O)n(CC(=O)N[C@@H]3C[C@H]3c3ccc(F)cc3F)cnc21. The molecule has 1 aromatic carbocycles.